The molecule has 0 spiro atoms. The van der Waals surface area contributed by atoms with Gasteiger partial charge in [0.2, 0.25) is 0 Å². The van der Waals surface area contributed by atoms with E-state index < -0.39 is 11.9 Å². The second-order valence-electron chi connectivity index (χ2n) is 6.76. The molecular formula is C20H30ClNO5. The molecule has 2 rings (SSSR count). The second kappa shape index (κ2) is 12.0. The van der Waals surface area contributed by atoms with E-state index >= 15 is 0 Å². The maximum Gasteiger partial charge on any atom is 0.303 e. The molecule has 0 bridgehead atoms. The number of carboxylic acid groups (broad SMARTS) is 2. The Hall–Kier alpha value is -1.63. The summed E-state index contributed by atoms with van der Waals surface area (Å²) in [6, 6.07) is 8.15. The molecule has 0 aromatic heterocycles. The van der Waals surface area contributed by atoms with Crippen LogP contribution in [-0.2, 0) is 20.7 Å². The van der Waals surface area contributed by atoms with Crippen molar-refractivity contribution >= 4 is 23.5 Å². The van der Waals surface area contributed by atoms with E-state index in [1.165, 1.54) is 18.4 Å². The van der Waals surface area contributed by atoms with Gasteiger partial charge in [-0.3, -0.25) is 9.59 Å². The zero-order chi connectivity index (χ0) is 20.3. The van der Waals surface area contributed by atoms with E-state index in [9.17, 15) is 9.59 Å². The van der Waals surface area contributed by atoms with Gasteiger partial charge in [-0.15, -0.1) is 0 Å². The van der Waals surface area contributed by atoms with E-state index in [-0.39, 0.29) is 18.4 Å². The van der Waals surface area contributed by atoms with Crippen molar-refractivity contribution in [3.8, 4) is 0 Å². The number of hydrogen-bond donors (Lipinski definition) is 3. The number of nitrogens with one attached hydrogen (secondary N) is 1. The summed E-state index contributed by atoms with van der Waals surface area (Å²) < 4.78 is 5.99. The average molecular weight is 400 g/mol. The standard InChI is InChI=1S/C16H24ClNO.C4H6O4/c1-3-16(19-2,14-5-4-10-18-12-14)11-13-6-8-15(17)9-7-13;5-3(6)1-2-4(7)8/h6-9,14,18H,3-5,10-12H2,1-2H3;1-2H2,(H,5,6)(H,7,8). The zero-order valence-electron chi connectivity index (χ0n) is 16.0. The first-order chi connectivity index (χ1) is 12.8. The number of ether oxygens (including phenoxy) is 1. The van der Waals surface area contributed by atoms with E-state index in [2.05, 4.69) is 24.4 Å². The summed E-state index contributed by atoms with van der Waals surface area (Å²) in [5.41, 5.74) is 1.25. The van der Waals surface area contributed by atoms with E-state index in [0.717, 1.165) is 31.0 Å². The maximum atomic E-state index is 9.64. The van der Waals surface area contributed by atoms with Crippen molar-refractivity contribution in [3.63, 3.8) is 0 Å². The third kappa shape index (κ3) is 8.28. The highest BCUT2D eigenvalue weighted by Crippen LogP contribution is 2.34. The minimum atomic E-state index is -1.08. The van der Waals surface area contributed by atoms with Gasteiger partial charge in [-0.25, -0.2) is 0 Å². The lowest BCUT2D eigenvalue weighted by molar-refractivity contribution is -0.143. The lowest BCUT2D eigenvalue weighted by Gasteiger charge is -2.41. The molecule has 0 saturated carbocycles. The fourth-order valence-electron chi connectivity index (χ4n) is 3.40. The Morgan fingerprint density at radius 2 is 1.81 bits per heavy atom. The van der Waals surface area contributed by atoms with Gasteiger partial charge in [-0.1, -0.05) is 30.7 Å². The smallest absolute Gasteiger partial charge is 0.303 e. The minimum Gasteiger partial charge on any atom is -0.481 e. The highest BCUT2D eigenvalue weighted by Gasteiger charge is 2.38. The Kier molecular flexibility index (Phi) is 10.4. The average Bonchev–Trinajstić information content (AvgIpc) is 2.67. The van der Waals surface area contributed by atoms with Gasteiger partial charge in [-0.05, 0) is 43.5 Å². The van der Waals surface area contributed by atoms with Gasteiger partial charge in [0.1, 0.15) is 0 Å². The Morgan fingerprint density at radius 3 is 2.22 bits per heavy atom. The van der Waals surface area contributed by atoms with Gasteiger partial charge < -0.3 is 20.3 Å². The van der Waals surface area contributed by atoms with Crippen LogP contribution in [0, 0.1) is 5.92 Å². The first-order valence-electron chi connectivity index (χ1n) is 9.27. The third-order valence-electron chi connectivity index (χ3n) is 5.02. The van der Waals surface area contributed by atoms with Crippen molar-refractivity contribution in [1.82, 2.24) is 5.32 Å². The molecule has 1 fully saturated rings. The number of hydrogen-bond acceptors (Lipinski definition) is 4. The maximum absolute atomic E-state index is 9.64. The Labute approximate surface area is 165 Å². The van der Waals surface area contributed by atoms with Crippen molar-refractivity contribution in [2.75, 3.05) is 20.2 Å². The van der Waals surface area contributed by atoms with E-state index in [0.29, 0.717) is 5.92 Å². The molecule has 7 heteroatoms. The normalized spacial score (nSPS) is 18.7. The summed E-state index contributed by atoms with van der Waals surface area (Å²) in [7, 11) is 1.86. The molecule has 152 valence electrons. The Balaban J connectivity index is 0.000000387. The first kappa shape index (κ1) is 23.4. The molecule has 1 saturated heterocycles. The molecule has 2 unspecified atom stereocenters. The molecular weight excluding hydrogens is 370 g/mol. The summed E-state index contributed by atoms with van der Waals surface area (Å²) in [5.74, 6) is -1.56. The van der Waals surface area contributed by atoms with E-state index in [1.54, 1.807) is 0 Å². The fraction of sp³-hybridized carbons (Fsp3) is 0.600. The van der Waals surface area contributed by atoms with E-state index in [1.807, 2.05) is 19.2 Å². The van der Waals surface area contributed by atoms with Crippen LogP contribution < -0.4 is 5.32 Å². The van der Waals surface area contributed by atoms with Crippen LogP contribution in [-0.4, -0.2) is 48.0 Å². The Morgan fingerprint density at radius 1 is 1.22 bits per heavy atom. The van der Waals surface area contributed by atoms with Crippen LogP contribution >= 0.6 is 11.6 Å². The summed E-state index contributed by atoms with van der Waals surface area (Å²) in [6.45, 7) is 4.43. The van der Waals surface area contributed by atoms with Gasteiger partial charge in [0.15, 0.2) is 0 Å². The summed E-state index contributed by atoms with van der Waals surface area (Å²) in [6.07, 6.45) is 3.91. The number of carboxylic acids is 2. The summed E-state index contributed by atoms with van der Waals surface area (Å²) in [4.78, 5) is 19.3. The van der Waals surface area contributed by atoms with Crippen LogP contribution in [0.1, 0.15) is 44.6 Å². The van der Waals surface area contributed by atoms with Crippen LogP contribution in [0.5, 0.6) is 0 Å². The highest BCUT2D eigenvalue weighted by atomic mass is 35.5. The summed E-state index contributed by atoms with van der Waals surface area (Å²) in [5, 5.41) is 20.1. The molecule has 1 aliphatic rings. The molecule has 1 aliphatic heterocycles. The number of rotatable bonds is 8. The van der Waals surface area contributed by atoms with Crippen molar-refractivity contribution in [3.05, 3.63) is 34.9 Å². The predicted octanol–water partition coefficient (Wildman–Crippen LogP) is 3.61. The fourth-order valence-corrected chi connectivity index (χ4v) is 3.53. The quantitative estimate of drug-likeness (QED) is 0.618. The van der Waals surface area contributed by atoms with Gasteiger partial charge in [0, 0.05) is 31.0 Å². The van der Waals surface area contributed by atoms with Crippen molar-refractivity contribution in [1.29, 1.82) is 0 Å². The molecule has 0 aliphatic carbocycles. The monoisotopic (exact) mass is 399 g/mol. The molecule has 0 radical (unpaired) electrons. The molecule has 0 amide bonds. The largest absolute Gasteiger partial charge is 0.481 e. The molecule has 1 heterocycles. The molecule has 1 aromatic carbocycles. The lowest BCUT2D eigenvalue weighted by Crippen LogP contribution is -2.48. The van der Waals surface area contributed by atoms with Gasteiger partial charge in [0.05, 0.1) is 18.4 Å². The lowest BCUT2D eigenvalue weighted by atomic mass is 9.76. The van der Waals surface area contributed by atoms with Crippen LogP contribution in [0.2, 0.25) is 5.02 Å². The number of carbonyl (C=O) groups is 2. The second-order valence-corrected chi connectivity index (χ2v) is 7.19. The van der Waals surface area contributed by atoms with Crippen molar-refractivity contribution in [2.24, 2.45) is 5.92 Å². The first-order valence-corrected chi connectivity index (χ1v) is 9.64. The van der Waals surface area contributed by atoms with Crippen LogP contribution in [0.25, 0.3) is 0 Å². The number of aliphatic carboxylic acids is 2. The van der Waals surface area contributed by atoms with Crippen LogP contribution in [0.4, 0.5) is 0 Å². The molecule has 27 heavy (non-hydrogen) atoms. The molecule has 1 aromatic rings. The van der Waals surface area contributed by atoms with Gasteiger partial charge in [0.25, 0.3) is 0 Å². The number of methoxy groups -OCH3 is 1. The van der Waals surface area contributed by atoms with Crippen molar-refractivity contribution in [2.45, 2.75) is 51.0 Å². The SMILES string of the molecule is CCC(Cc1ccc(Cl)cc1)(OC)C1CCCNC1.O=C(O)CCC(=O)O. The van der Waals surface area contributed by atoms with Crippen molar-refractivity contribution < 1.29 is 24.5 Å². The van der Waals surface area contributed by atoms with Crippen LogP contribution in [0.3, 0.4) is 0 Å². The zero-order valence-corrected chi connectivity index (χ0v) is 16.8. The molecule has 6 nitrogen and oxygen atoms in total. The molecule has 2 atom stereocenters. The summed E-state index contributed by atoms with van der Waals surface area (Å²) >= 11 is 5.96. The number of piperidine rings is 1. The van der Waals surface area contributed by atoms with E-state index in [4.69, 9.17) is 26.6 Å². The predicted molar refractivity (Wildman–Crippen MR) is 105 cm³/mol. The molecule has 3 N–H and O–H groups in total. The number of benzene rings is 1. The number of halogens is 1. The highest BCUT2D eigenvalue weighted by molar-refractivity contribution is 6.30. The third-order valence-corrected chi connectivity index (χ3v) is 5.27. The topological polar surface area (TPSA) is 95.9 Å². The van der Waals surface area contributed by atoms with Gasteiger partial charge in [-0.2, -0.15) is 0 Å². The van der Waals surface area contributed by atoms with Gasteiger partial charge >= 0.3 is 11.9 Å². The minimum absolute atomic E-state index is 0.0543. The Bertz CT molecular complexity index is 567. The van der Waals surface area contributed by atoms with Crippen LogP contribution in [0.15, 0.2) is 24.3 Å².